The number of fused-ring (bicyclic) bond motifs is 1. The third-order valence-corrected chi connectivity index (χ3v) is 6.56. The summed E-state index contributed by atoms with van der Waals surface area (Å²) in [6, 6.07) is 9.40. The Morgan fingerprint density at radius 2 is 1.70 bits per heavy atom. The summed E-state index contributed by atoms with van der Waals surface area (Å²) >= 11 is 0. The summed E-state index contributed by atoms with van der Waals surface area (Å²) in [5.74, 6) is 0.274. The van der Waals surface area contributed by atoms with E-state index < -0.39 is 21.8 Å². The summed E-state index contributed by atoms with van der Waals surface area (Å²) in [7, 11) is 0.529. The van der Waals surface area contributed by atoms with Crippen LogP contribution in [0.3, 0.4) is 0 Å². The number of benzene rings is 2. The second-order valence-electron chi connectivity index (χ2n) is 6.40. The van der Waals surface area contributed by atoms with E-state index in [0.717, 1.165) is 4.31 Å². The number of hydrogen-bond donors (Lipinski definition) is 1. The highest BCUT2D eigenvalue weighted by molar-refractivity contribution is 7.90. The van der Waals surface area contributed by atoms with E-state index in [2.05, 4.69) is 5.32 Å². The Kier molecular flexibility index (Phi) is 6.16. The number of sulfonamides is 1. The molecule has 0 unspecified atom stereocenters. The molecule has 1 N–H and O–H groups in total. The van der Waals surface area contributed by atoms with Crippen molar-refractivity contribution in [3.05, 3.63) is 47.5 Å². The highest BCUT2D eigenvalue weighted by Gasteiger charge is 2.40. The Morgan fingerprint density at radius 1 is 1.00 bits per heavy atom. The van der Waals surface area contributed by atoms with Crippen LogP contribution in [0.5, 0.6) is 17.2 Å². The standard InChI is InChI=1S/C20H22N2O7S/c1-27-15-9-8-13(18(28-2)19(15)29-3)12-21-17(23)10-11-22-20(24)14-6-4-5-7-16(14)30(22,25)26/h4-9H,10-12H2,1-3H3,(H,21,23). The maximum Gasteiger partial charge on any atom is 0.269 e. The van der Waals surface area contributed by atoms with Crippen molar-refractivity contribution in [3.63, 3.8) is 0 Å². The summed E-state index contributed by atoms with van der Waals surface area (Å²) in [6.45, 7) is -0.117. The highest BCUT2D eigenvalue weighted by Crippen LogP contribution is 2.39. The lowest BCUT2D eigenvalue weighted by molar-refractivity contribution is -0.121. The predicted molar refractivity (Wildman–Crippen MR) is 107 cm³/mol. The summed E-state index contributed by atoms with van der Waals surface area (Å²) < 4.78 is 41.7. The first kappa shape index (κ1) is 21.4. The van der Waals surface area contributed by atoms with Crippen LogP contribution in [0.15, 0.2) is 41.3 Å². The number of carbonyl (C=O) groups excluding carboxylic acids is 2. The summed E-state index contributed by atoms with van der Waals surface area (Å²) in [5, 5.41) is 2.70. The molecule has 0 spiro atoms. The van der Waals surface area contributed by atoms with Gasteiger partial charge in [-0.25, -0.2) is 12.7 Å². The SMILES string of the molecule is COc1ccc(CNC(=O)CCN2C(=O)c3ccccc3S2(=O)=O)c(OC)c1OC. The van der Waals surface area contributed by atoms with E-state index in [0.29, 0.717) is 22.8 Å². The Balaban J connectivity index is 1.65. The molecule has 0 aromatic heterocycles. The third-order valence-electron chi connectivity index (χ3n) is 4.72. The molecule has 1 aliphatic heterocycles. The van der Waals surface area contributed by atoms with Crippen molar-refractivity contribution in [1.82, 2.24) is 9.62 Å². The van der Waals surface area contributed by atoms with Crippen molar-refractivity contribution < 1.29 is 32.2 Å². The van der Waals surface area contributed by atoms with Gasteiger partial charge < -0.3 is 19.5 Å². The average Bonchev–Trinajstić information content (AvgIpc) is 2.95. The molecule has 0 aliphatic carbocycles. The van der Waals surface area contributed by atoms with Crippen LogP contribution in [-0.2, 0) is 21.4 Å². The largest absolute Gasteiger partial charge is 0.493 e. The number of nitrogens with zero attached hydrogens (tertiary/aromatic N) is 1. The van der Waals surface area contributed by atoms with E-state index in [-0.39, 0.29) is 30.0 Å². The number of rotatable bonds is 8. The van der Waals surface area contributed by atoms with Crippen LogP contribution in [0, 0.1) is 0 Å². The van der Waals surface area contributed by atoms with E-state index >= 15 is 0 Å². The molecule has 1 aliphatic rings. The number of carbonyl (C=O) groups is 2. The van der Waals surface area contributed by atoms with E-state index in [1.165, 1.54) is 33.5 Å². The van der Waals surface area contributed by atoms with Gasteiger partial charge in [0.2, 0.25) is 11.7 Å². The van der Waals surface area contributed by atoms with Crippen molar-refractivity contribution >= 4 is 21.8 Å². The smallest absolute Gasteiger partial charge is 0.269 e. The molecule has 30 heavy (non-hydrogen) atoms. The van der Waals surface area contributed by atoms with E-state index in [9.17, 15) is 18.0 Å². The molecule has 2 amide bonds. The molecule has 1 heterocycles. The van der Waals surface area contributed by atoms with Gasteiger partial charge in [0, 0.05) is 25.1 Å². The van der Waals surface area contributed by atoms with Gasteiger partial charge in [-0.05, 0) is 24.3 Å². The predicted octanol–water partition coefficient (Wildman–Crippen LogP) is 1.56. The van der Waals surface area contributed by atoms with Crippen LogP contribution in [0.4, 0.5) is 0 Å². The molecule has 0 atom stereocenters. The second kappa shape index (κ2) is 8.62. The van der Waals surface area contributed by atoms with Crippen LogP contribution in [-0.4, -0.2) is 52.4 Å². The molecule has 0 saturated carbocycles. The zero-order chi connectivity index (χ0) is 21.9. The molecule has 160 valence electrons. The lowest BCUT2D eigenvalue weighted by atomic mass is 10.1. The van der Waals surface area contributed by atoms with Crippen molar-refractivity contribution in [3.8, 4) is 17.2 Å². The molecule has 0 saturated heterocycles. The Bertz CT molecular complexity index is 1080. The first-order valence-electron chi connectivity index (χ1n) is 9.05. The fraction of sp³-hybridized carbons (Fsp3) is 0.300. The van der Waals surface area contributed by atoms with Crippen LogP contribution in [0.2, 0.25) is 0 Å². The average molecular weight is 434 g/mol. The van der Waals surface area contributed by atoms with Crippen LogP contribution < -0.4 is 19.5 Å². The van der Waals surface area contributed by atoms with Gasteiger partial charge in [-0.1, -0.05) is 12.1 Å². The summed E-state index contributed by atoms with van der Waals surface area (Å²) in [6.07, 6.45) is -0.172. The quantitative estimate of drug-likeness (QED) is 0.671. The van der Waals surface area contributed by atoms with Crippen molar-refractivity contribution in [2.75, 3.05) is 27.9 Å². The second-order valence-corrected chi connectivity index (χ2v) is 8.23. The van der Waals surface area contributed by atoms with Gasteiger partial charge in [0.25, 0.3) is 15.9 Å². The lowest BCUT2D eigenvalue weighted by Gasteiger charge is -2.17. The van der Waals surface area contributed by atoms with Crippen molar-refractivity contribution in [2.45, 2.75) is 17.9 Å². The molecule has 2 aromatic carbocycles. The van der Waals surface area contributed by atoms with Gasteiger partial charge in [0.1, 0.15) is 4.90 Å². The number of hydrogen-bond acceptors (Lipinski definition) is 7. The number of methoxy groups -OCH3 is 3. The molecule has 0 bridgehead atoms. The molecular formula is C20H22N2O7S. The van der Waals surface area contributed by atoms with Crippen molar-refractivity contribution in [1.29, 1.82) is 0 Å². The van der Waals surface area contributed by atoms with Gasteiger partial charge >= 0.3 is 0 Å². The van der Waals surface area contributed by atoms with Crippen LogP contribution in [0.1, 0.15) is 22.3 Å². The fourth-order valence-electron chi connectivity index (χ4n) is 3.24. The molecule has 9 nitrogen and oxygen atoms in total. The summed E-state index contributed by atoms with van der Waals surface area (Å²) in [4.78, 5) is 24.7. The zero-order valence-corrected chi connectivity index (χ0v) is 17.6. The van der Waals surface area contributed by atoms with Crippen LogP contribution >= 0.6 is 0 Å². The highest BCUT2D eigenvalue weighted by atomic mass is 32.2. The Labute approximate surface area is 174 Å². The first-order chi connectivity index (χ1) is 14.3. The molecule has 10 heteroatoms. The van der Waals surface area contributed by atoms with E-state index in [1.807, 2.05) is 0 Å². The maximum absolute atomic E-state index is 12.5. The minimum atomic E-state index is -3.93. The van der Waals surface area contributed by atoms with Gasteiger partial charge in [0.15, 0.2) is 11.5 Å². The van der Waals surface area contributed by atoms with Gasteiger partial charge in [-0.2, -0.15) is 0 Å². The third kappa shape index (κ3) is 3.78. The van der Waals surface area contributed by atoms with E-state index in [4.69, 9.17) is 14.2 Å². The van der Waals surface area contributed by atoms with Gasteiger partial charge in [-0.15, -0.1) is 0 Å². The van der Waals surface area contributed by atoms with Gasteiger partial charge in [-0.3, -0.25) is 9.59 Å². The number of amides is 2. The monoisotopic (exact) mass is 434 g/mol. The van der Waals surface area contributed by atoms with Crippen molar-refractivity contribution in [2.24, 2.45) is 0 Å². The minimum Gasteiger partial charge on any atom is -0.493 e. The molecular weight excluding hydrogens is 412 g/mol. The number of ether oxygens (including phenoxy) is 3. The Morgan fingerprint density at radius 3 is 2.33 bits per heavy atom. The maximum atomic E-state index is 12.5. The fourth-order valence-corrected chi connectivity index (χ4v) is 4.81. The molecule has 0 fully saturated rings. The minimum absolute atomic E-state index is 0.0366. The summed E-state index contributed by atoms with van der Waals surface area (Å²) in [5.41, 5.74) is 0.772. The van der Waals surface area contributed by atoms with E-state index in [1.54, 1.807) is 24.3 Å². The molecule has 3 rings (SSSR count). The lowest BCUT2D eigenvalue weighted by Crippen LogP contribution is -2.34. The van der Waals surface area contributed by atoms with Crippen LogP contribution in [0.25, 0.3) is 0 Å². The topological polar surface area (TPSA) is 111 Å². The molecule has 2 aromatic rings. The first-order valence-corrected chi connectivity index (χ1v) is 10.5. The van der Waals surface area contributed by atoms with Gasteiger partial charge in [0.05, 0.1) is 26.9 Å². The zero-order valence-electron chi connectivity index (χ0n) is 16.8. The molecule has 0 radical (unpaired) electrons. The number of nitrogens with one attached hydrogen (secondary N) is 1. The normalized spacial score (nSPS) is 14.2. The Hall–Kier alpha value is -3.27.